The van der Waals surface area contributed by atoms with Gasteiger partial charge in [0.25, 0.3) is 5.91 Å². The lowest BCUT2D eigenvalue weighted by Gasteiger charge is -2.14. The minimum absolute atomic E-state index is 0.0553. The van der Waals surface area contributed by atoms with Crippen LogP contribution in [0.1, 0.15) is 21.1 Å². The van der Waals surface area contributed by atoms with E-state index in [-0.39, 0.29) is 5.91 Å². The first-order valence-corrected chi connectivity index (χ1v) is 8.56. The Bertz CT molecular complexity index is 792. The largest absolute Gasteiger partial charge is 0.467 e. The first kappa shape index (κ1) is 15.3. The van der Waals surface area contributed by atoms with Crippen molar-refractivity contribution in [1.29, 1.82) is 0 Å². The monoisotopic (exact) mass is 352 g/mol. The maximum atomic E-state index is 12.6. The third-order valence-electron chi connectivity index (χ3n) is 3.09. The fraction of sp³-hybridized carbons (Fsp3) is 0.200. The number of thiophene rings is 1. The number of furan rings is 1. The van der Waals surface area contributed by atoms with Crippen molar-refractivity contribution in [2.45, 2.75) is 13.5 Å². The van der Waals surface area contributed by atoms with E-state index >= 15 is 0 Å². The van der Waals surface area contributed by atoms with E-state index in [0.29, 0.717) is 15.8 Å². The topological polar surface area (TPSA) is 46.3 Å². The summed E-state index contributed by atoms with van der Waals surface area (Å²) in [5.41, 5.74) is 0.737. The molecule has 0 bridgehead atoms. The first-order chi connectivity index (χ1) is 10.5. The van der Waals surface area contributed by atoms with Crippen LogP contribution >= 0.6 is 34.3 Å². The number of rotatable bonds is 4. The molecule has 3 aromatic rings. The summed E-state index contributed by atoms with van der Waals surface area (Å²) in [6.45, 7) is 2.28. The van der Waals surface area contributed by atoms with Gasteiger partial charge in [0.2, 0.25) is 0 Å². The van der Waals surface area contributed by atoms with Gasteiger partial charge in [-0.05, 0) is 31.2 Å². The van der Waals surface area contributed by atoms with Gasteiger partial charge in [-0.2, -0.15) is 0 Å². The molecule has 0 aliphatic carbocycles. The third kappa shape index (κ3) is 3.09. The van der Waals surface area contributed by atoms with Gasteiger partial charge in [0, 0.05) is 7.05 Å². The zero-order valence-corrected chi connectivity index (χ0v) is 14.4. The van der Waals surface area contributed by atoms with Gasteiger partial charge in [-0.25, -0.2) is 4.98 Å². The van der Waals surface area contributed by atoms with E-state index in [9.17, 15) is 4.79 Å². The third-order valence-corrected chi connectivity index (χ3v) is 5.64. The number of aryl methyl sites for hydroxylation is 1. The predicted molar refractivity (Wildman–Crippen MR) is 89.7 cm³/mol. The zero-order chi connectivity index (χ0) is 15.7. The van der Waals surface area contributed by atoms with Gasteiger partial charge in [0.05, 0.1) is 27.7 Å². The number of aromatic nitrogens is 1. The minimum atomic E-state index is -0.0553. The van der Waals surface area contributed by atoms with Gasteiger partial charge >= 0.3 is 0 Å². The lowest BCUT2D eigenvalue weighted by atomic mass is 10.3. The number of halogens is 1. The second kappa shape index (κ2) is 6.24. The quantitative estimate of drug-likeness (QED) is 0.683. The van der Waals surface area contributed by atoms with Gasteiger partial charge in [-0.1, -0.05) is 11.6 Å². The molecule has 114 valence electrons. The van der Waals surface area contributed by atoms with Crippen LogP contribution in [0.5, 0.6) is 0 Å². The number of nitrogens with zero attached hydrogens (tertiary/aromatic N) is 2. The maximum absolute atomic E-state index is 12.6. The molecule has 0 atom stereocenters. The van der Waals surface area contributed by atoms with Crippen LogP contribution in [0.3, 0.4) is 0 Å². The van der Waals surface area contributed by atoms with Crippen molar-refractivity contribution in [1.82, 2.24) is 9.88 Å². The molecule has 1 amide bonds. The Balaban J connectivity index is 1.82. The van der Waals surface area contributed by atoms with E-state index in [4.69, 9.17) is 16.0 Å². The normalized spacial score (nSPS) is 10.9. The molecule has 0 saturated carbocycles. The van der Waals surface area contributed by atoms with Crippen molar-refractivity contribution >= 4 is 40.2 Å². The van der Waals surface area contributed by atoms with Crippen molar-refractivity contribution in [2.75, 3.05) is 7.05 Å². The molecule has 7 heteroatoms. The number of carbonyl (C=O) groups is 1. The van der Waals surface area contributed by atoms with Crippen molar-refractivity contribution in [3.8, 4) is 9.88 Å². The summed E-state index contributed by atoms with van der Waals surface area (Å²) in [4.78, 5) is 20.3. The van der Waals surface area contributed by atoms with Gasteiger partial charge in [-0.15, -0.1) is 22.7 Å². The van der Waals surface area contributed by atoms with Gasteiger partial charge in [0.1, 0.15) is 15.6 Å². The van der Waals surface area contributed by atoms with Crippen LogP contribution in [0.25, 0.3) is 9.88 Å². The number of amides is 1. The fourth-order valence-corrected chi connectivity index (χ4v) is 4.17. The summed E-state index contributed by atoms with van der Waals surface area (Å²) in [5.74, 6) is 0.698. The summed E-state index contributed by atoms with van der Waals surface area (Å²) in [6, 6.07) is 7.42. The second-order valence-corrected chi connectivity index (χ2v) is 7.49. The molecule has 0 aliphatic heterocycles. The average Bonchev–Trinajstić information content (AvgIpc) is 3.19. The van der Waals surface area contributed by atoms with Crippen LogP contribution in [0.2, 0.25) is 4.34 Å². The van der Waals surface area contributed by atoms with Crippen LogP contribution in [-0.2, 0) is 6.54 Å². The predicted octanol–water partition coefficient (Wildman–Crippen LogP) is 4.70. The van der Waals surface area contributed by atoms with Crippen LogP contribution in [0, 0.1) is 6.92 Å². The summed E-state index contributed by atoms with van der Waals surface area (Å²) in [5, 5.41) is 0.823. The summed E-state index contributed by atoms with van der Waals surface area (Å²) < 4.78 is 5.99. The highest BCUT2D eigenvalue weighted by Crippen LogP contribution is 2.35. The van der Waals surface area contributed by atoms with E-state index in [1.54, 1.807) is 18.2 Å². The molecule has 0 aliphatic rings. The molecule has 0 radical (unpaired) electrons. The molecule has 3 heterocycles. The second-order valence-electron chi connectivity index (χ2n) is 4.78. The molecule has 22 heavy (non-hydrogen) atoms. The van der Waals surface area contributed by atoms with Crippen molar-refractivity contribution < 1.29 is 9.21 Å². The van der Waals surface area contributed by atoms with E-state index < -0.39 is 0 Å². The molecular weight excluding hydrogens is 340 g/mol. The Morgan fingerprint density at radius 2 is 2.18 bits per heavy atom. The molecule has 3 rings (SSSR count). The smallest absolute Gasteiger partial charge is 0.266 e. The highest BCUT2D eigenvalue weighted by molar-refractivity contribution is 7.24. The van der Waals surface area contributed by atoms with Gasteiger partial charge < -0.3 is 9.32 Å². The molecule has 0 N–H and O–H groups in total. The lowest BCUT2D eigenvalue weighted by Crippen LogP contribution is -2.25. The summed E-state index contributed by atoms with van der Waals surface area (Å²) in [7, 11) is 1.76. The van der Waals surface area contributed by atoms with E-state index in [1.807, 2.05) is 31.2 Å². The van der Waals surface area contributed by atoms with Crippen molar-refractivity contribution in [3.05, 3.63) is 51.2 Å². The minimum Gasteiger partial charge on any atom is -0.467 e. The molecule has 4 nitrogen and oxygen atoms in total. The highest BCUT2D eigenvalue weighted by atomic mass is 35.5. The van der Waals surface area contributed by atoms with E-state index in [2.05, 4.69) is 4.98 Å². The van der Waals surface area contributed by atoms with Crippen LogP contribution in [-0.4, -0.2) is 22.8 Å². The molecular formula is C15H13ClN2O2S2. The number of hydrogen-bond acceptors (Lipinski definition) is 5. The molecule has 0 spiro atoms. The first-order valence-electron chi connectivity index (χ1n) is 6.55. The molecule has 0 aromatic carbocycles. The zero-order valence-electron chi connectivity index (χ0n) is 12.0. The Labute approximate surface area is 141 Å². The lowest BCUT2D eigenvalue weighted by molar-refractivity contribution is 0.0779. The summed E-state index contributed by atoms with van der Waals surface area (Å²) in [6.07, 6.45) is 1.60. The van der Waals surface area contributed by atoms with Crippen LogP contribution < -0.4 is 0 Å². The van der Waals surface area contributed by atoms with Crippen molar-refractivity contribution in [3.63, 3.8) is 0 Å². The summed E-state index contributed by atoms with van der Waals surface area (Å²) >= 11 is 8.81. The van der Waals surface area contributed by atoms with Crippen LogP contribution in [0.15, 0.2) is 34.9 Å². The Kier molecular flexibility index (Phi) is 4.33. The van der Waals surface area contributed by atoms with E-state index in [0.717, 1.165) is 21.3 Å². The Hall–Kier alpha value is -1.63. The van der Waals surface area contributed by atoms with E-state index in [1.165, 1.54) is 22.7 Å². The number of carbonyl (C=O) groups excluding carboxylic acids is 1. The highest BCUT2D eigenvalue weighted by Gasteiger charge is 2.20. The standard InChI is InChI=1S/C15H13ClN2O2S2/c1-9-13(15(19)18(2)8-10-4-3-7-20-10)22-14(17-9)11-5-6-12(16)21-11/h3-7H,8H2,1-2H3. The molecule has 0 unspecified atom stereocenters. The molecule has 3 aromatic heterocycles. The van der Waals surface area contributed by atoms with Gasteiger partial charge in [-0.3, -0.25) is 4.79 Å². The Morgan fingerprint density at radius 1 is 1.36 bits per heavy atom. The Morgan fingerprint density at radius 3 is 2.82 bits per heavy atom. The SMILES string of the molecule is Cc1nc(-c2ccc(Cl)s2)sc1C(=O)N(C)Cc1ccco1. The number of thiazole rings is 1. The molecule has 0 fully saturated rings. The fourth-order valence-electron chi connectivity index (χ4n) is 2.01. The number of hydrogen-bond donors (Lipinski definition) is 0. The van der Waals surface area contributed by atoms with Crippen LogP contribution in [0.4, 0.5) is 0 Å². The maximum Gasteiger partial charge on any atom is 0.266 e. The molecule has 0 saturated heterocycles. The van der Waals surface area contributed by atoms with Gasteiger partial charge in [0.15, 0.2) is 0 Å². The average molecular weight is 353 g/mol. The van der Waals surface area contributed by atoms with Crippen molar-refractivity contribution in [2.24, 2.45) is 0 Å².